The van der Waals surface area contributed by atoms with Gasteiger partial charge in [0, 0.05) is 12.7 Å². The van der Waals surface area contributed by atoms with E-state index in [9.17, 15) is 0 Å². The first-order valence-corrected chi connectivity index (χ1v) is 8.24. The summed E-state index contributed by atoms with van der Waals surface area (Å²) in [6.07, 6.45) is 1.05. The third-order valence-corrected chi connectivity index (χ3v) is 6.32. The summed E-state index contributed by atoms with van der Waals surface area (Å²) in [6.45, 7) is 11.0. The highest BCUT2D eigenvalue weighted by Gasteiger charge is 2.39. The number of aliphatic imine (C=N–C) groups is 1. The van der Waals surface area contributed by atoms with Crippen molar-refractivity contribution in [3.05, 3.63) is 0 Å². The minimum Gasteiger partial charge on any atom is -0.398 e. The van der Waals surface area contributed by atoms with Crippen LogP contribution in [0, 0.1) is 5.41 Å². The van der Waals surface area contributed by atoms with Gasteiger partial charge in [-0.1, -0.05) is 27.7 Å². The third kappa shape index (κ3) is 6.65. The Morgan fingerprint density at radius 2 is 1.88 bits per heavy atom. The van der Waals surface area contributed by atoms with Gasteiger partial charge in [0.25, 0.3) is 0 Å². The summed E-state index contributed by atoms with van der Waals surface area (Å²) in [5, 5.41) is 0. The smallest absolute Gasteiger partial charge is 0.339 e. The Labute approximate surface area is 106 Å². The average Bonchev–Trinajstić information content (AvgIpc) is 2.14. The van der Waals surface area contributed by atoms with E-state index in [0.29, 0.717) is 5.54 Å². The lowest BCUT2D eigenvalue weighted by atomic mass is 9.91. The van der Waals surface area contributed by atoms with Gasteiger partial charge in [-0.25, -0.2) is 4.99 Å². The van der Waals surface area contributed by atoms with Crippen molar-refractivity contribution in [2.24, 2.45) is 21.9 Å². The number of nitrogens with two attached hydrogens (primary N) is 2. The molecule has 0 saturated heterocycles. The van der Waals surface area contributed by atoms with Crippen molar-refractivity contribution in [2.75, 3.05) is 13.8 Å². The van der Waals surface area contributed by atoms with Crippen molar-refractivity contribution in [1.29, 1.82) is 0 Å². The molecule has 0 spiro atoms. The van der Waals surface area contributed by atoms with Gasteiger partial charge in [0.2, 0.25) is 0 Å². The molecule has 2 atom stereocenters. The standard InChI is InChI=1S/C11H27N3O2Si/c1-9(7-11(2,3)4)17(6,15-5)16-8-14-10(12)13/h9H,7-8H2,1-6H3,(H4,12,13,14). The molecule has 0 radical (unpaired) electrons. The van der Waals surface area contributed by atoms with E-state index in [-0.39, 0.29) is 18.1 Å². The second kappa shape index (κ2) is 6.37. The van der Waals surface area contributed by atoms with E-state index in [1.54, 1.807) is 7.11 Å². The molecule has 0 rings (SSSR count). The minimum atomic E-state index is -2.22. The molecule has 0 heterocycles. The van der Waals surface area contributed by atoms with E-state index >= 15 is 0 Å². The topological polar surface area (TPSA) is 82.9 Å². The summed E-state index contributed by atoms with van der Waals surface area (Å²) in [6, 6.07) is 0. The zero-order chi connectivity index (χ0) is 13.7. The lowest BCUT2D eigenvalue weighted by Gasteiger charge is -2.34. The molecule has 0 aliphatic carbocycles. The molecule has 0 amide bonds. The van der Waals surface area contributed by atoms with Crippen molar-refractivity contribution >= 4 is 14.5 Å². The van der Waals surface area contributed by atoms with E-state index in [1.807, 2.05) is 6.55 Å². The van der Waals surface area contributed by atoms with Gasteiger partial charge in [0.05, 0.1) is 0 Å². The van der Waals surface area contributed by atoms with Crippen molar-refractivity contribution in [2.45, 2.75) is 46.2 Å². The van der Waals surface area contributed by atoms with Crippen LogP contribution >= 0.6 is 0 Å². The van der Waals surface area contributed by atoms with E-state index in [2.05, 4.69) is 32.7 Å². The Bertz CT molecular complexity index is 262. The van der Waals surface area contributed by atoms with Gasteiger partial charge in [-0.2, -0.15) is 0 Å². The Morgan fingerprint density at radius 3 is 2.24 bits per heavy atom. The van der Waals surface area contributed by atoms with Gasteiger partial charge in [-0.15, -0.1) is 0 Å². The maximum Gasteiger partial charge on any atom is 0.339 e. The van der Waals surface area contributed by atoms with Gasteiger partial charge < -0.3 is 20.3 Å². The lowest BCUT2D eigenvalue weighted by Crippen LogP contribution is -2.43. The van der Waals surface area contributed by atoms with Crippen LogP contribution in [0.2, 0.25) is 12.1 Å². The van der Waals surface area contributed by atoms with E-state index in [0.717, 1.165) is 6.42 Å². The number of hydrogen-bond donors (Lipinski definition) is 2. The van der Waals surface area contributed by atoms with Gasteiger partial charge in [0.15, 0.2) is 5.96 Å². The first kappa shape index (κ1) is 16.4. The molecule has 4 N–H and O–H groups in total. The van der Waals surface area contributed by atoms with Crippen LogP contribution in [-0.2, 0) is 8.85 Å². The molecule has 0 aromatic rings. The van der Waals surface area contributed by atoms with Gasteiger partial charge in [0.1, 0.15) is 6.73 Å². The molecule has 2 unspecified atom stereocenters. The Morgan fingerprint density at radius 1 is 1.35 bits per heavy atom. The lowest BCUT2D eigenvalue weighted by molar-refractivity contribution is 0.191. The molecular formula is C11H27N3O2Si. The second-order valence-electron chi connectivity index (χ2n) is 5.74. The van der Waals surface area contributed by atoms with Gasteiger partial charge >= 0.3 is 8.56 Å². The van der Waals surface area contributed by atoms with Crippen LogP contribution < -0.4 is 11.5 Å². The predicted molar refractivity (Wildman–Crippen MR) is 73.9 cm³/mol. The van der Waals surface area contributed by atoms with E-state index < -0.39 is 8.56 Å². The normalized spacial score (nSPS) is 17.3. The zero-order valence-corrected chi connectivity index (χ0v) is 12.9. The SMILES string of the molecule is CO[Si](C)(OCN=C(N)N)C(C)CC(C)(C)C. The summed E-state index contributed by atoms with van der Waals surface area (Å²) < 4.78 is 11.4. The molecule has 5 nitrogen and oxygen atoms in total. The quantitative estimate of drug-likeness (QED) is 0.434. The maximum absolute atomic E-state index is 5.77. The fraction of sp³-hybridized carbons (Fsp3) is 0.909. The van der Waals surface area contributed by atoms with Gasteiger partial charge in [-0.05, 0) is 18.4 Å². The van der Waals surface area contributed by atoms with Crippen LogP contribution in [0.3, 0.4) is 0 Å². The Balaban J connectivity index is 4.49. The molecule has 0 fully saturated rings. The Kier molecular flexibility index (Phi) is 6.15. The first-order valence-electron chi connectivity index (χ1n) is 5.85. The summed E-state index contributed by atoms with van der Waals surface area (Å²) in [5.41, 5.74) is 11.2. The van der Waals surface area contributed by atoms with Crippen LogP contribution in [0.25, 0.3) is 0 Å². The monoisotopic (exact) mass is 261 g/mol. The van der Waals surface area contributed by atoms with Crippen molar-refractivity contribution < 1.29 is 8.85 Å². The highest BCUT2D eigenvalue weighted by molar-refractivity contribution is 6.67. The third-order valence-electron chi connectivity index (χ3n) is 2.82. The molecule has 0 aliphatic heterocycles. The van der Waals surface area contributed by atoms with Crippen LogP contribution in [-0.4, -0.2) is 28.4 Å². The average molecular weight is 261 g/mol. The molecule has 0 aromatic carbocycles. The Hall–Kier alpha value is -0.593. The predicted octanol–water partition coefficient (Wildman–Crippen LogP) is 1.78. The zero-order valence-electron chi connectivity index (χ0n) is 11.9. The van der Waals surface area contributed by atoms with Crippen molar-refractivity contribution in [3.8, 4) is 0 Å². The summed E-state index contributed by atoms with van der Waals surface area (Å²) >= 11 is 0. The minimum absolute atomic E-state index is 0.0425. The molecule has 0 aliphatic rings. The number of rotatable bonds is 6. The van der Waals surface area contributed by atoms with Crippen LogP contribution in [0.15, 0.2) is 4.99 Å². The van der Waals surface area contributed by atoms with Crippen LogP contribution in [0.1, 0.15) is 34.1 Å². The highest BCUT2D eigenvalue weighted by atomic mass is 28.4. The molecule has 0 saturated carbocycles. The van der Waals surface area contributed by atoms with E-state index in [4.69, 9.17) is 20.3 Å². The number of nitrogens with zero attached hydrogens (tertiary/aromatic N) is 1. The molecular weight excluding hydrogens is 234 g/mol. The van der Waals surface area contributed by atoms with E-state index in [1.165, 1.54) is 0 Å². The highest BCUT2D eigenvalue weighted by Crippen LogP contribution is 2.35. The number of guanidine groups is 1. The molecule has 0 bridgehead atoms. The second-order valence-corrected chi connectivity index (χ2v) is 9.46. The number of hydrogen-bond acceptors (Lipinski definition) is 3. The summed E-state index contributed by atoms with van der Waals surface area (Å²) in [7, 11) is -0.526. The molecule has 0 aromatic heterocycles. The largest absolute Gasteiger partial charge is 0.398 e. The molecule has 102 valence electrons. The van der Waals surface area contributed by atoms with Crippen LogP contribution in [0.4, 0.5) is 0 Å². The summed E-state index contributed by atoms with van der Waals surface area (Å²) in [4.78, 5) is 3.84. The van der Waals surface area contributed by atoms with Gasteiger partial charge in [-0.3, -0.25) is 0 Å². The maximum atomic E-state index is 5.77. The first-order chi connectivity index (χ1) is 7.60. The summed E-state index contributed by atoms with van der Waals surface area (Å²) in [5.74, 6) is 0.0425. The van der Waals surface area contributed by atoms with Crippen LogP contribution in [0.5, 0.6) is 0 Å². The van der Waals surface area contributed by atoms with Crippen molar-refractivity contribution in [1.82, 2.24) is 0 Å². The molecule has 17 heavy (non-hydrogen) atoms. The molecule has 6 heteroatoms. The fourth-order valence-corrected chi connectivity index (χ4v) is 3.85. The van der Waals surface area contributed by atoms with Crippen molar-refractivity contribution in [3.63, 3.8) is 0 Å². The fourth-order valence-electron chi connectivity index (χ4n) is 1.74.